The molecule has 4 rings (SSSR count). The van der Waals surface area contributed by atoms with Gasteiger partial charge in [0.1, 0.15) is 10.7 Å². The summed E-state index contributed by atoms with van der Waals surface area (Å²) in [7, 11) is -2.34. The van der Waals surface area contributed by atoms with Gasteiger partial charge in [0.2, 0.25) is 15.3 Å². The summed E-state index contributed by atoms with van der Waals surface area (Å²) in [4.78, 5) is 17.1. The van der Waals surface area contributed by atoms with Crippen LogP contribution in [0.2, 0.25) is 0 Å². The zero-order valence-electron chi connectivity index (χ0n) is 17.7. The molecule has 1 aliphatic heterocycles. The first-order valence-corrected chi connectivity index (χ1v) is 11.9. The van der Waals surface area contributed by atoms with Crippen molar-refractivity contribution in [3.05, 3.63) is 64.7 Å². The number of hydrogen-bond donors (Lipinski definition) is 0. The SMILES string of the molecule is CCCN1CCN(c2cc3c(cc2F)c(=O)c(S(=O)(=O)c2ccccc2)cn3C)CC1. The van der Waals surface area contributed by atoms with Gasteiger partial charge in [0, 0.05) is 39.4 Å². The van der Waals surface area contributed by atoms with Crippen LogP contribution in [0.15, 0.2) is 63.2 Å². The summed E-state index contributed by atoms with van der Waals surface area (Å²) in [6.45, 7) is 6.30. The van der Waals surface area contributed by atoms with E-state index < -0.39 is 21.1 Å². The number of anilines is 1. The number of halogens is 1. The smallest absolute Gasteiger partial charge is 0.211 e. The number of hydrogen-bond acceptors (Lipinski definition) is 5. The van der Waals surface area contributed by atoms with Crippen LogP contribution in [0.1, 0.15) is 13.3 Å². The van der Waals surface area contributed by atoms with Crippen molar-refractivity contribution in [1.82, 2.24) is 9.47 Å². The lowest BCUT2D eigenvalue weighted by atomic mass is 10.1. The number of fused-ring (bicyclic) bond motifs is 1. The zero-order valence-corrected chi connectivity index (χ0v) is 18.5. The molecule has 1 aliphatic rings. The van der Waals surface area contributed by atoms with E-state index in [0.29, 0.717) is 24.3 Å². The first-order valence-electron chi connectivity index (χ1n) is 10.4. The number of piperazine rings is 1. The first-order chi connectivity index (χ1) is 14.8. The maximum absolute atomic E-state index is 15.1. The Bertz CT molecular complexity index is 1260. The molecule has 164 valence electrons. The summed E-state index contributed by atoms with van der Waals surface area (Å²) in [5, 5.41) is 0.0605. The number of aromatic nitrogens is 1. The Hall–Kier alpha value is -2.71. The van der Waals surface area contributed by atoms with Crippen molar-refractivity contribution in [2.24, 2.45) is 7.05 Å². The Balaban J connectivity index is 1.77. The number of sulfone groups is 1. The van der Waals surface area contributed by atoms with Crippen molar-refractivity contribution in [3.63, 3.8) is 0 Å². The highest BCUT2D eigenvalue weighted by Crippen LogP contribution is 2.27. The first kappa shape index (κ1) is 21.5. The molecule has 0 amide bonds. The molecule has 1 saturated heterocycles. The second-order valence-corrected chi connectivity index (χ2v) is 9.82. The molecule has 1 aromatic heterocycles. The van der Waals surface area contributed by atoms with Gasteiger partial charge >= 0.3 is 0 Å². The Labute approximate surface area is 181 Å². The number of nitrogens with zero attached hydrogens (tertiary/aromatic N) is 3. The molecule has 0 saturated carbocycles. The second kappa shape index (κ2) is 8.43. The second-order valence-electron chi connectivity index (χ2n) is 7.90. The fraction of sp³-hybridized carbons (Fsp3) is 0.348. The van der Waals surface area contributed by atoms with Crippen LogP contribution in [0.5, 0.6) is 0 Å². The van der Waals surface area contributed by atoms with Gasteiger partial charge < -0.3 is 9.47 Å². The minimum Gasteiger partial charge on any atom is -0.367 e. The highest BCUT2D eigenvalue weighted by atomic mass is 32.2. The van der Waals surface area contributed by atoms with E-state index in [1.165, 1.54) is 24.4 Å². The lowest BCUT2D eigenvalue weighted by Gasteiger charge is -2.36. The van der Waals surface area contributed by atoms with Gasteiger partial charge in [-0.25, -0.2) is 12.8 Å². The third-order valence-electron chi connectivity index (χ3n) is 5.82. The third-order valence-corrected chi connectivity index (χ3v) is 7.58. The average Bonchev–Trinajstić information content (AvgIpc) is 2.77. The lowest BCUT2D eigenvalue weighted by molar-refractivity contribution is 0.258. The molecule has 0 atom stereocenters. The molecule has 0 aliphatic carbocycles. The summed E-state index contributed by atoms with van der Waals surface area (Å²) in [5.41, 5.74) is 0.261. The fourth-order valence-electron chi connectivity index (χ4n) is 4.15. The van der Waals surface area contributed by atoms with Gasteiger partial charge in [-0.1, -0.05) is 25.1 Å². The predicted octanol–water partition coefficient (Wildman–Crippen LogP) is 3.04. The molecule has 2 aromatic carbocycles. The van der Waals surface area contributed by atoms with Gasteiger partial charge in [0.25, 0.3) is 0 Å². The minimum atomic E-state index is -4.01. The summed E-state index contributed by atoms with van der Waals surface area (Å²) < 4.78 is 42.7. The monoisotopic (exact) mass is 443 g/mol. The third kappa shape index (κ3) is 3.97. The van der Waals surface area contributed by atoms with Crippen molar-refractivity contribution in [2.75, 3.05) is 37.6 Å². The van der Waals surface area contributed by atoms with E-state index in [-0.39, 0.29) is 15.2 Å². The normalized spacial score (nSPS) is 15.5. The van der Waals surface area contributed by atoms with E-state index in [1.807, 2.05) is 4.90 Å². The van der Waals surface area contributed by atoms with Gasteiger partial charge in [0.15, 0.2) is 0 Å². The number of rotatable bonds is 5. The number of pyridine rings is 1. The predicted molar refractivity (Wildman–Crippen MR) is 120 cm³/mol. The molecule has 31 heavy (non-hydrogen) atoms. The van der Waals surface area contributed by atoms with Crippen LogP contribution in [-0.2, 0) is 16.9 Å². The molecule has 1 fully saturated rings. The van der Waals surface area contributed by atoms with Crippen molar-refractivity contribution in [3.8, 4) is 0 Å². The van der Waals surface area contributed by atoms with Crippen LogP contribution in [0.4, 0.5) is 10.1 Å². The van der Waals surface area contributed by atoms with Crippen molar-refractivity contribution in [2.45, 2.75) is 23.1 Å². The molecule has 0 bridgehead atoms. The molecule has 3 aromatic rings. The molecule has 6 nitrogen and oxygen atoms in total. The van der Waals surface area contributed by atoms with Gasteiger partial charge in [-0.05, 0) is 37.2 Å². The van der Waals surface area contributed by atoms with Crippen molar-refractivity contribution in [1.29, 1.82) is 0 Å². The molecule has 8 heteroatoms. The quantitative estimate of drug-likeness (QED) is 0.607. The van der Waals surface area contributed by atoms with Crippen LogP contribution < -0.4 is 10.3 Å². The minimum absolute atomic E-state index is 0.0356. The Morgan fingerprint density at radius 1 is 1.03 bits per heavy atom. The van der Waals surface area contributed by atoms with Gasteiger partial charge in [-0.15, -0.1) is 0 Å². The Kier molecular flexibility index (Phi) is 5.85. The highest BCUT2D eigenvalue weighted by molar-refractivity contribution is 7.91. The zero-order chi connectivity index (χ0) is 22.2. The number of benzene rings is 2. The fourth-order valence-corrected chi connectivity index (χ4v) is 5.57. The van der Waals surface area contributed by atoms with Crippen LogP contribution in [0, 0.1) is 5.82 Å². The molecule has 0 N–H and O–H groups in total. The summed E-state index contributed by atoms with van der Waals surface area (Å²) in [6, 6.07) is 10.6. The van der Waals surface area contributed by atoms with Gasteiger partial charge in [-0.2, -0.15) is 0 Å². The number of aryl methyl sites for hydroxylation is 1. The largest absolute Gasteiger partial charge is 0.367 e. The van der Waals surface area contributed by atoms with Gasteiger partial charge in [0.05, 0.1) is 21.5 Å². The molecular weight excluding hydrogens is 417 g/mol. The molecule has 0 spiro atoms. The van der Waals surface area contributed by atoms with Crippen LogP contribution in [-0.4, -0.2) is 50.6 Å². The molecule has 0 radical (unpaired) electrons. The van der Waals surface area contributed by atoms with Crippen molar-refractivity contribution < 1.29 is 12.8 Å². The van der Waals surface area contributed by atoms with E-state index in [2.05, 4.69) is 11.8 Å². The Morgan fingerprint density at radius 2 is 1.71 bits per heavy atom. The van der Waals surface area contributed by atoms with E-state index in [9.17, 15) is 13.2 Å². The standard InChI is InChI=1S/C23H26FN3O3S/c1-3-9-26-10-12-27(13-11-26)21-15-20-18(14-19(21)24)23(28)22(16-25(20)2)31(29,30)17-7-5-4-6-8-17/h4-8,14-16H,3,9-13H2,1-2H3. The highest BCUT2D eigenvalue weighted by Gasteiger charge is 2.25. The Morgan fingerprint density at radius 3 is 2.35 bits per heavy atom. The van der Waals surface area contributed by atoms with Crippen LogP contribution >= 0.6 is 0 Å². The summed E-state index contributed by atoms with van der Waals surface area (Å²) in [6.07, 6.45) is 2.41. The van der Waals surface area contributed by atoms with Crippen LogP contribution in [0.3, 0.4) is 0 Å². The lowest BCUT2D eigenvalue weighted by Crippen LogP contribution is -2.46. The van der Waals surface area contributed by atoms with Crippen LogP contribution in [0.25, 0.3) is 10.9 Å². The van der Waals surface area contributed by atoms with E-state index in [0.717, 1.165) is 26.1 Å². The van der Waals surface area contributed by atoms with Crippen molar-refractivity contribution >= 4 is 26.4 Å². The average molecular weight is 444 g/mol. The molecular formula is C23H26FN3O3S. The molecule has 2 heterocycles. The summed E-state index contributed by atoms with van der Waals surface area (Å²) in [5.74, 6) is -0.511. The topological polar surface area (TPSA) is 62.6 Å². The van der Waals surface area contributed by atoms with E-state index >= 15 is 4.39 Å². The maximum atomic E-state index is 15.1. The van der Waals surface area contributed by atoms with E-state index in [1.54, 1.807) is 35.9 Å². The molecule has 0 unspecified atom stereocenters. The summed E-state index contributed by atoms with van der Waals surface area (Å²) >= 11 is 0. The van der Waals surface area contributed by atoms with E-state index in [4.69, 9.17) is 0 Å². The van der Waals surface area contributed by atoms with Gasteiger partial charge in [-0.3, -0.25) is 9.69 Å². The maximum Gasteiger partial charge on any atom is 0.211 e.